The fraction of sp³-hybridized carbons (Fsp3) is 0.375. The van der Waals surface area contributed by atoms with Gasteiger partial charge in [0.05, 0.1) is 6.16 Å². The predicted molar refractivity (Wildman–Crippen MR) is 50.2 cm³/mol. The molecule has 0 aromatic heterocycles. The van der Waals surface area contributed by atoms with Crippen molar-refractivity contribution in [3.05, 3.63) is 25.3 Å². The van der Waals surface area contributed by atoms with Crippen LogP contribution in [0.5, 0.6) is 0 Å². The zero-order valence-corrected chi connectivity index (χ0v) is 7.80. The fourth-order valence-electron chi connectivity index (χ4n) is 0.921. The molecule has 4 heteroatoms. The average molecular weight is 188 g/mol. The molecule has 0 rings (SSSR count). The summed E-state index contributed by atoms with van der Waals surface area (Å²) >= 11 is 0. The van der Waals surface area contributed by atoms with E-state index in [1.807, 2.05) is 0 Å². The van der Waals surface area contributed by atoms with Crippen LogP contribution in [0.4, 0.5) is 0 Å². The van der Waals surface area contributed by atoms with E-state index in [9.17, 15) is 9.36 Å². The number of aliphatic carboxylic acids is 1. The summed E-state index contributed by atoms with van der Waals surface area (Å²) in [4.78, 5) is 10.3. The number of carboxylic acids is 1. The van der Waals surface area contributed by atoms with Gasteiger partial charge in [0.2, 0.25) is 0 Å². The molecule has 0 unspecified atom stereocenters. The Bertz CT molecular complexity index is 218. The topological polar surface area (TPSA) is 54.4 Å². The monoisotopic (exact) mass is 188 g/mol. The van der Waals surface area contributed by atoms with Gasteiger partial charge in [-0.15, -0.1) is 13.2 Å². The number of rotatable bonds is 6. The fourth-order valence-corrected chi connectivity index (χ4v) is 2.76. The van der Waals surface area contributed by atoms with Crippen LogP contribution in [0.1, 0.15) is 0 Å². The van der Waals surface area contributed by atoms with Crippen LogP contribution in [-0.4, -0.2) is 29.6 Å². The molecular weight excluding hydrogens is 175 g/mol. The second-order valence-electron chi connectivity index (χ2n) is 2.55. The van der Waals surface area contributed by atoms with Crippen LogP contribution in [0, 0.1) is 0 Å². The highest BCUT2D eigenvalue weighted by atomic mass is 31.2. The van der Waals surface area contributed by atoms with Crippen molar-refractivity contribution in [2.75, 3.05) is 18.5 Å². The quantitative estimate of drug-likeness (QED) is 0.510. The van der Waals surface area contributed by atoms with E-state index >= 15 is 0 Å². The zero-order valence-electron chi connectivity index (χ0n) is 6.90. The van der Waals surface area contributed by atoms with Crippen LogP contribution in [0.2, 0.25) is 0 Å². The summed E-state index contributed by atoms with van der Waals surface area (Å²) in [7, 11) is -2.61. The summed E-state index contributed by atoms with van der Waals surface area (Å²) in [5.74, 6) is -1.03. The van der Waals surface area contributed by atoms with E-state index in [-0.39, 0.29) is 18.5 Å². The molecule has 0 aromatic rings. The molecule has 1 N–H and O–H groups in total. The summed E-state index contributed by atoms with van der Waals surface area (Å²) in [6.07, 6.45) is 3.25. The van der Waals surface area contributed by atoms with Crippen LogP contribution in [-0.2, 0) is 9.36 Å². The first kappa shape index (κ1) is 11.2. The molecule has 0 aromatic carbocycles. The molecule has 0 atom stereocenters. The Kier molecular flexibility index (Phi) is 4.60. The Morgan fingerprint density at radius 1 is 1.33 bits per heavy atom. The van der Waals surface area contributed by atoms with Crippen molar-refractivity contribution in [2.45, 2.75) is 0 Å². The van der Waals surface area contributed by atoms with E-state index in [0.29, 0.717) is 0 Å². The lowest BCUT2D eigenvalue weighted by Gasteiger charge is -2.10. The van der Waals surface area contributed by atoms with Gasteiger partial charge in [0.25, 0.3) is 0 Å². The van der Waals surface area contributed by atoms with E-state index in [0.717, 1.165) is 0 Å². The third kappa shape index (κ3) is 4.14. The van der Waals surface area contributed by atoms with Gasteiger partial charge in [-0.25, -0.2) is 0 Å². The van der Waals surface area contributed by atoms with Gasteiger partial charge >= 0.3 is 5.97 Å². The van der Waals surface area contributed by atoms with Gasteiger partial charge < -0.3 is 9.67 Å². The third-order valence-electron chi connectivity index (χ3n) is 1.35. The largest absolute Gasteiger partial charge is 0.481 e. The average Bonchev–Trinajstić information content (AvgIpc) is 1.85. The van der Waals surface area contributed by atoms with Crippen molar-refractivity contribution in [3.63, 3.8) is 0 Å². The van der Waals surface area contributed by atoms with Gasteiger partial charge in [-0.2, -0.15) is 0 Å². The molecule has 68 valence electrons. The molecule has 0 heterocycles. The Balaban J connectivity index is 4.37. The van der Waals surface area contributed by atoms with Gasteiger partial charge in [-0.1, -0.05) is 12.2 Å². The Morgan fingerprint density at radius 3 is 2.00 bits per heavy atom. The van der Waals surface area contributed by atoms with Gasteiger partial charge in [0, 0.05) is 12.3 Å². The second kappa shape index (κ2) is 4.94. The zero-order chi connectivity index (χ0) is 9.61. The number of allylic oxidation sites excluding steroid dienone is 2. The number of hydrogen-bond donors (Lipinski definition) is 1. The van der Waals surface area contributed by atoms with Gasteiger partial charge in [-0.3, -0.25) is 4.79 Å². The minimum atomic E-state index is -2.61. The molecule has 0 saturated heterocycles. The lowest BCUT2D eigenvalue weighted by Crippen LogP contribution is -2.07. The normalized spacial score (nSPS) is 10.7. The van der Waals surface area contributed by atoms with Crippen molar-refractivity contribution < 1.29 is 14.5 Å². The highest BCUT2D eigenvalue weighted by molar-refractivity contribution is 7.65. The van der Waals surface area contributed by atoms with E-state index in [4.69, 9.17) is 5.11 Å². The lowest BCUT2D eigenvalue weighted by atomic mass is 10.7. The van der Waals surface area contributed by atoms with Crippen molar-refractivity contribution in [1.82, 2.24) is 0 Å². The van der Waals surface area contributed by atoms with Crippen molar-refractivity contribution in [3.8, 4) is 0 Å². The van der Waals surface area contributed by atoms with Crippen molar-refractivity contribution in [2.24, 2.45) is 0 Å². The third-order valence-corrected chi connectivity index (χ3v) is 4.04. The molecular formula is C8H13O3P. The predicted octanol–water partition coefficient (Wildman–Crippen LogP) is 1.81. The summed E-state index contributed by atoms with van der Waals surface area (Å²) < 4.78 is 11.7. The molecule has 0 amide bonds. The SMILES string of the molecule is C=CCP(=O)(CC=C)CC(=O)O. The van der Waals surface area contributed by atoms with Gasteiger partial charge in [-0.05, 0) is 0 Å². The molecule has 3 nitrogen and oxygen atoms in total. The maximum atomic E-state index is 11.7. The molecule has 0 bridgehead atoms. The summed E-state index contributed by atoms with van der Waals surface area (Å²) in [5, 5.41) is 8.46. The maximum absolute atomic E-state index is 11.7. The molecule has 0 aliphatic heterocycles. The molecule has 0 radical (unpaired) electrons. The van der Waals surface area contributed by atoms with Crippen LogP contribution < -0.4 is 0 Å². The first-order valence-electron chi connectivity index (χ1n) is 3.55. The lowest BCUT2D eigenvalue weighted by molar-refractivity contribution is -0.134. The molecule has 0 aliphatic rings. The van der Waals surface area contributed by atoms with E-state index in [1.165, 1.54) is 12.2 Å². The van der Waals surface area contributed by atoms with E-state index in [2.05, 4.69) is 13.2 Å². The smallest absolute Gasteiger partial charge is 0.310 e. The highest BCUT2D eigenvalue weighted by Crippen LogP contribution is 2.44. The van der Waals surface area contributed by atoms with Gasteiger partial charge in [0.15, 0.2) is 0 Å². The Labute approximate surface area is 72.2 Å². The Morgan fingerprint density at radius 2 is 1.75 bits per heavy atom. The summed E-state index contributed by atoms with van der Waals surface area (Å²) in [6.45, 7) is 6.87. The standard InChI is InChI=1S/C8H13O3P/c1-3-5-12(11,6-4-2)7-8(9)10/h3-4H,1-2,5-7H2,(H,9,10). The highest BCUT2D eigenvalue weighted by Gasteiger charge is 2.22. The minimum Gasteiger partial charge on any atom is -0.481 e. The number of carboxylic acid groups (broad SMARTS) is 1. The maximum Gasteiger partial charge on any atom is 0.310 e. The van der Waals surface area contributed by atoms with Crippen LogP contribution in [0.25, 0.3) is 0 Å². The van der Waals surface area contributed by atoms with Crippen molar-refractivity contribution in [1.29, 1.82) is 0 Å². The van der Waals surface area contributed by atoms with E-state index in [1.54, 1.807) is 0 Å². The molecule has 0 spiro atoms. The number of carbonyl (C=O) groups is 1. The van der Waals surface area contributed by atoms with Crippen LogP contribution >= 0.6 is 7.14 Å². The number of hydrogen-bond acceptors (Lipinski definition) is 2. The molecule has 0 fully saturated rings. The summed E-state index contributed by atoms with van der Waals surface area (Å²) in [5.41, 5.74) is 0. The summed E-state index contributed by atoms with van der Waals surface area (Å²) in [6, 6.07) is 0. The van der Waals surface area contributed by atoms with Crippen LogP contribution in [0.3, 0.4) is 0 Å². The van der Waals surface area contributed by atoms with Gasteiger partial charge in [0.1, 0.15) is 7.14 Å². The first-order chi connectivity index (χ1) is 5.54. The first-order valence-corrected chi connectivity index (χ1v) is 5.81. The minimum absolute atomic E-state index is 0.269. The second-order valence-corrected chi connectivity index (χ2v) is 5.72. The Hall–Kier alpha value is -0.820. The molecule has 0 aliphatic carbocycles. The molecule has 0 saturated carbocycles. The van der Waals surface area contributed by atoms with Crippen LogP contribution in [0.15, 0.2) is 25.3 Å². The van der Waals surface area contributed by atoms with Crippen molar-refractivity contribution >= 4 is 13.1 Å². The van der Waals surface area contributed by atoms with E-state index < -0.39 is 13.1 Å². The molecule has 12 heavy (non-hydrogen) atoms.